The summed E-state index contributed by atoms with van der Waals surface area (Å²) in [6, 6.07) is 14.4. The van der Waals surface area contributed by atoms with Gasteiger partial charge in [-0.25, -0.2) is 18.4 Å². The topological polar surface area (TPSA) is 59.8 Å². The summed E-state index contributed by atoms with van der Waals surface area (Å²) in [5.41, 5.74) is 1.67. The number of nitrogens with one attached hydrogen (secondary N) is 1. The molecule has 2 aromatic carbocycles. The number of amides is 1. The number of benzene rings is 2. The van der Waals surface area contributed by atoms with E-state index in [1.165, 1.54) is 6.07 Å². The van der Waals surface area contributed by atoms with E-state index in [0.717, 1.165) is 17.7 Å². The zero-order chi connectivity index (χ0) is 20.5. The molecule has 2 aromatic heterocycles. The largest absolute Gasteiger partial charge is 0.317 e. The van der Waals surface area contributed by atoms with Crippen molar-refractivity contribution in [2.75, 3.05) is 5.32 Å². The number of anilines is 1. The number of halogens is 2. The number of pyridine rings is 1. The average molecular weight is 392 g/mol. The molecule has 0 radical (unpaired) electrons. The third-order valence-corrected chi connectivity index (χ3v) is 4.57. The number of nitrogens with zero attached hydrogens (tertiary/aromatic N) is 3. The van der Waals surface area contributed by atoms with E-state index in [1.54, 1.807) is 16.9 Å². The predicted molar refractivity (Wildman–Crippen MR) is 108 cm³/mol. The van der Waals surface area contributed by atoms with Crippen LogP contribution in [0.2, 0.25) is 0 Å². The van der Waals surface area contributed by atoms with Crippen molar-refractivity contribution in [3.05, 3.63) is 78.0 Å². The number of hydrogen-bond acceptors (Lipinski definition) is 3. The molecule has 7 heteroatoms. The Bertz CT molecular complexity index is 1180. The molecule has 0 fully saturated rings. The summed E-state index contributed by atoms with van der Waals surface area (Å²) in [5, 5.41) is 7.20. The number of carbonyl (C=O) groups is 1. The Kier molecular flexibility index (Phi) is 4.80. The third-order valence-electron chi connectivity index (χ3n) is 4.57. The average Bonchev–Trinajstić information content (AvgIpc) is 3.15. The SMILES string of the molecule is CC(C)n1ncc2c(C(=O)Nc3c(F)cccc3F)cc(-c3ccccc3)nc21. The Morgan fingerprint density at radius 2 is 1.72 bits per heavy atom. The van der Waals surface area contributed by atoms with E-state index < -0.39 is 23.2 Å². The molecule has 4 aromatic rings. The molecule has 0 bridgehead atoms. The van der Waals surface area contributed by atoms with Crippen LogP contribution >= 0.6 is 0 Å². The highest BCUT2D eigenvalue weighted by atomic mass is 19.1. The lowest BCUT2D eigenvalue weighted by Crippen LogP contribution is -2.15. The number of aromatic nitrogens is 3. The highest BCUT2D eigenvalue weighted by Gasteiger charge is 2.20. The molecule has 4 rings (SSSR count). The lowest BCUT2D eigenvalue weighted by molar-refractivity contribution is 0.102. The number of carbonyl (C=O) groups excluding carboxylic acids is 1. The van der Waals surface area contributed by atoms with Crippen molar-refractivity contribution in [3.63, 3.8) is 0 Å². The van der Waals surface area contributed by atoms with Gasteiger partial charge in [-0.3, -0.25) is 4.79 Å². The van der Waals surface area contributed by atoms with Gasteiger partial charge in [-0.2, -0.15) is 5.10 Å². The van der Waals surface area contributed by atoms with Crippen molar-refractivity contribution in [3.8, 4) is 11.3 Å². The van der Waals surface area contributed by atoms with E-state index in [0.29, 0.717) is 16.7 Å². The first-order valence-electron chi connectivity index (χ1n) is 9.14. The zero-order valence-corrected chi connectivity index (χ0v) is 15.9. The van der Waals surface area contributed by atoms with Crippen LogP contribution in [0, 0.1) is 11.6 Å². The van der Waals surface area contributed by atoms with Crippen LogP contribution in [0.4, 0.5) is 14.5 Å². The fourth-order valence-electron chi connectivity index (χ4n) is 3.14. The standard InChI is InChI=1S/C22H18F2N4O/c1-13(2)28-21-16(12-25-28)15(11-19(26-21)14-7-4-3-5-8-14)22(29)27-20-17(23)9-6-10-18(20)24/h3-13H,1-2H3,(H,27,29). The summed E-state index contributed by atoms with van der Waals surface area (Å²) in [6.45, 7) is 3.91. The first-order valence-corrected chi connectivity index (χ1v) is 9.14. The molecule has 0 saturated heterocycles. The Balaban J connectivity index is 1.87. The van der Waals surface area contributed by atoms with E-state index in [-0.39, 0.29) is 11.6 Å². The molecule has 0 atom stereocenters. The maximum absolute atomic E-state index is 14.0. The first kappa shape index (κ1) is 18.7. The maximum atomic E-state index is 14.0. The highest BCUT2D eigenvalue weighted by molar-refractivity contribution is 6.12. The van der Waals surface area contributed by atoms with Gasteiger partial charge >= 0.3 is 0 Å². The monoisotopic (exact) mass is 392 g/mol. The fraction of sp³-hybridized carbons (Fsp3) is 0.136. The minimum Gasteiger partial charge on any atom is -0.317 e. The van der Waals surface area contributed by atoms with Crippen LogP contribution in [0.25, 0.3) is 22.3 Å². The Morgan fingerprint density at radius 3 is 2.38 bits per heavy atom. The molecular formula is C22H18F2N4O. The lowest BCUT2D eigenvalue weighted by Gasteiger charge is -2.12. The molecular weight excluding hydrogens is 374 g/mol. The molecule has 1 amide bonds. The molecule has 0 aliphatic heterocycles. The van der Waals surface area contributed by atoms with Crippen LogP contribution in [-0.4, -0.2) is 20.7 Å². The number of fused-ring (bicyclic) bond motifs is 1. The summed E-state index contributed by atoms with van der Waals surface area (Å²) >= 11 is 0. The zero-order valence-electron chi connectivity index (χ0n) is 15.9. The molecule has 2 heterocycles. The Labute approximate surface area is 166 Å². The first-order chi connectivity index (χ1) is 14.0. The number of para-hydroxylation sites is 1. The maximum Gasteiger partial charge on any atom is 0.256 e. The van der Waals surface area contributed by atoms with Crippen LogP contribution in [0.5, 0.6) is 0 Å². The van der Waals surface area contributed by atoms with Gasteiger partial charge in [-0.15, -0.1) is 0 Å². The van der Waals surface area contributed by atoms with Crippen LogP contribution in [-0.2, 0) is 0 Å². The second-order valence-electron chi connectivity index (χ2n) is 6.89. The summed E-state index contributed by atoms with van der Waals surface area (Å²) < 4.78 is 29.7. The Hall–Kier alpha value is -3.61. The fourth-order valence-corrected chi connectivity index (χ4v) is 3.14. The summed E-state index contributed by atoms with van der Waals surface area (Å²) in [6.07, 6.45) is 1.55. The van der Waals surface area contributed by atoms with Gasteiger partial charge in [0.25, 0.3) is 5.91 Å². The lowest BCUT2D eigenvalue weighted by atomic mass is 10.1. The van der Waals surface area contributed by atoms with Gasteiger partial charge in [0, 0.05) is 11.6 Å². The summed E-state index contributed by atoms with van der Waals surface area (Å²) in [5.74, 6) is -2.32. The predicted octanol–water partition coefficient (Wildman–Crippen LogP) is 5.21. The normalized spacial score (nSPS) is 11.2. The molecule has 0 spiro atoms. The molecule has 0 aliphatic rings. The van der Waals surface area contributed by atoms with Crippen LogP contribution in [0.15, 0.2) is 60.8 Å². The van der Waals surface area contributed by atoms with Crippen LogP contribution in [0.3, 0.4) is 0 Å². The Morgan fingerprint density at radius 1 is 1.03 bits per heavy atom. The van der Waals surface area contributed by atoms with E-state index in [2.05, 4.69) is 15.4 Å². The van der Waals surface area contributed by atoms with E-state index in [9.17, 15) is 13.6 Å². The molecule has 29 heavy (non-hydrogen) atoms. The van der Waals surface area contributed by atoms with E-state index in [1.807, 2.05) is 44.2 Å². The third kappa shape index (κ3) is 3.47. The van der Waals surface area contributed by atoms with Gasteiger partial charge in [0.2, 0.25) is 0 Å². The van der Waals surface area contributed by atoms with Crippen LogP contribution < -0.4 is 5.32 Å². The van der Waals surface area contributed by atoms with Gasteiger partial charge in [0.15, 0.2) is 5.65 Å². The second kappa shape index (κ2) is 7.43. The molecule has 146 valence electrons. The molecule has 1 N–H and O–H groups in total. The number of rotatable bonds is 4. The van der Waals surface area contributed by atoms with Crippen molar-refractivity contribution in [1.29, 1.82) is 0 Å². The molecule has 0 saturated carbocycles. The molecule has 5 nitrogen and oxygen atoms in total. The summed E-state index contributed by atoms with van der Waals surface area (Å²) in [7, 11) is 0. The van der Waals surface area contributed by atoms with Crippen molar-refractivity contribution >= 4 is 22.6 Å². The van der Waals surface area contributed by atoms with Crippen molar-refractivity contribution < 1.29 is 13.6 Å². The molecule has 0 unspecified atom stereocenters. The quantitative estimate of drug-likeness (QED) is 0.519. The van der Waals surface area contributed by atoms with Gasteiger partial charge in [-0.1, -0.05) is 36.4 Å². The van der Waals surface area contributed by atoms with Crippen molar-refractivity contribution in [2.45, 2.75) is 19.9 Å². The van der Waals surface area contributed by atoms with Crippen LogP contribution in [0.1, 0.15) is 30.2 Å². The van der Waals surface area contributed by atoms with Crippen molar-refractivity contribution in [2.24, 2.45) is 0 Å². The number of hydrogen-bond donors (Lipinski definition) is 1. The van der Waals surface area contributed by atoms with E-state index in [4.69, 9.17) is 0 Å². The smallest absolute Gasteiger partial charge is 0.256 e. The van der Waals surface area contributed by atoms with Gasteiger partial charge in [0.1, 0.15) is 17.3 Å². The summed E-state index contributed by atoms with van der Waals surface area (Å²) in [4.78, 5) is 17.7. The highest BCUT2D eigenvalue weighted by Crippen LogP contribution is 2.27. The van der Waals surface area contributed by atoms with Crippen molar-refractivity contribution in [1.82, 2.24) is 14.8 Å². The van der Waals surface area contributed by atoms with E-state index >= 15 is 0 Å². The van der Waals surface area contributed by atoms with Gasteiger partial charge in [0.05, 0.1) is 22.8 Å². The van der Waals surface area contributed by atoms with Gasteiger partial charge in [-0.05, 0) is 32.0 Å². The van der Waals surface area contributed by atoms with Gasteiger partial charge < -0.3 is 5.32 Å². The second-order valence-corrected chi connectivity index (χ2v) is 6.89. The molecule has 0 aliphatic carbocycles. The minimum absolute atomic E-state index is 0.0194. The minimum atomic E-state index is -0.843.